The number of amides is 3. The summed E-state index contributed by atoms with van der Waals surface area (Å²) in [6, 6.07) is 7.34. The van der Waals surface area contributed by atoms with Gasteiger partial charge in [0.05, 0.1) is 0 Å². The van der Waals surface area contributed by atoms with Crippen molar-refractivity contribution in [3.05, 3.63) is 48.0 Å². The maximum Gasteiger partial charge on any atom is 0.255 e. The Morgan fingerprint density at radius 3 is 2.71 bits per heavy atom. The summed E-state index contributed by atoms with van der Waals surface area (Å²) in [5, 5.41) is 2.36. The number of hydrogen-bond donors (Lipinski definition) is 1. The molecule has 0 saturated carbocycles. The van der Waals surface area contributed by atoms with Crippen LogP contribution in [0, 0.1) is 0 Å². The Balaban J connectivity index is 2.00. The monoisotopic (exact) mass is 284 g/mol. The highest BCUT2D eigenvalue weighted by molar-refractivity contribution is 6.07. The lowest BCUT2D eigenvalue weighted by Gasteiger charge is -2.42. The Morgan fingerprint density at radius 1 is 1.29 bits per heavy atom. The van der Waals surface area contributed by atoms with Crippen LogP contribution in [0.25, 0.3) is 0 Å². The summed E-state index contributed by atoms with van der Waals surface area (Å²) in [6.07, 6.45) is 2.54. The van der Waals surface area contributed by atoms with Crippen LogP contribution in [0.2, 0.25) is 0 Å². The maximum absolute atomic E-state index is 12.6. The van der Waals surface area contributed by atoms with Gasteiger partial charge in [-0.25, -0.2) is 0 Å². The summed E-state index contributed by atoms with van der Waals surface area (Å²) >= 11 is 0. The predicted molar refractivity (Wildman–Crippen MR) is 76.2 cm³/mol. The fourth-order valence-electron chi connectivity index (χ4n) is 3.14. The van der Waals surface area contributed by atoms with Gasteiger partial charge in [-0.3, -0.25) is 19.7 Å². The molecule has 1 N–H and O–H groups in total. The van der Waals surface area contributed by atoms with Gasteiger partial charge in [0.2, 0.25) is 5.91 Å². The summed E-state index contributed by atoms with van der Waals surface area (Å²) in [7, 11) is 0. The van der Waals surface area contributed by atoms with Crippen LogP contribution >= 0.6 is 0 Å². The Kier molecular flexibility index (Phi) is 3.12. The lowest BCUT2D eigenvalue weighted by molar-refractivity contribution is -0.142. The van der Waals surface area contributed by atoms with E-state index in [-0.39, 0.29) is 18.2 Å². The van der Waals surface area contributed by atoms with E-state index in [0.717, 1.165) is 5.56 Å². The second kappa shape index (κ2) is 4.84. The van der Waals surface area contributed by atoms with Gasteiger partial charge in [-0.2, -0.15) is 0 Å². The molecule has 1 atom stereocenters. The van der Waals surface area contributed by atoms with Crippen LogP contribution < -0.4 is 5.32 Å². The van der Waals surface area contributed by atoms with Crippen LogP contribution in [0.4, 0.5) is 0 Å². The van der Waals surface area contributed by atoms with Crippen molar-refractivity contribution in [3.63, 3.8) is 0 Å². The van der Waals surface area contributed by atoms with Crippen molar-refractivity contribution >= 4 is 17.7 Å². The largest absolute Gasteiger partial charge is 0.319 e. The van der Waals surface area contributed by atoms with Crippen molar-refractivity contribution in [1.29, 1.82) is 0 Å². The van der Waals surface area contributed by atoms with Gasteiger partial charge in [0.25, 0.3) is 11.8 Å². The van der Waals surface area contributed by atoms with Gasteiger partial charge in [-0.15, -0.1) is 6.58 Å². The Bertz CT molecular complexity index is 653. The van der Waals surface area contributed by atoms with Gasteiger partial charge in [0, 0.05) is 18.5 Å². The smallest absolute Gasteiger partial charge is 0.255 e. The van der Waals surface area contributed by atoms with Gasteiger partial charge in [0.1, 0.15) is 5.54 Å². The molecule has 2 aliphatic rings. The molecule has 5 heteroatoms. The number of rotatable bonds is 3. The number of carbonyl (C=O) groups is 3. The molecule has 1 fully saturated rings. The van der Waals surface area contributed by atoms with Crippen LogP contribution in [-0.2, 0) is 16.1 Å². The summed E-state index contributed by atoms with van der Waals surface area (Å²) < 4.78 is 0. The molecule has 0 bridgehead atoms. The predicted octanol–water partition coefficient (Wildman–Crippen LogP) is 1.39. The topological polar surface area (TPSA) is 66.5 Å². The molecule has 0 aliphatic carbocycles. The normalized spacial score (nSPS) is 24.8. The molecule has 21 heavy (non-hydrogen) atoms. The van der Waals surface area contributed by atoms with Crippen LogP contribution in [-0.4, -0.2) is 28.2 Å². The first-order chi connectivity index (χ1) is 10.1. The second-order valence-electron chi connectivity index (χ2n) is 5.45. The van der Waals surface area contributed by atoms with E-state index in [2.05, 4.69) is 11.9 Å². The van der Waals surface area contributed by atoms with Crippen molar-refractivity contribution in [3.8, 4) is 0 Å². The summed E-state index contributed by atoms with van der Waals surface area (Å²) in [5.74, 6) is -0.847. The van der Waals surface area contributed by atoms with E-state index in [9.17, 15) is 14.4 Å². The van der Waals surface area contributed by atoms with Crippen molar-refractivity contribution in [2.75, 3.05) is 0 Å². The molecule has 1 aromatic rings. The van der Waals surface area contributed by atoms with Crippen LogP contribution in [0.3, 0.4) is 0 Å². The first-order valence-electron chi connectivity index (χ1n) is 6.93. The highest BCUT2D eigenvalue weighted by atomic mass is 16.2. The molecular weight excluding hydrogens is 268 g/mol. The standard InChI is InChI=1S/C16H16N2O3/c1-2-8-16(9-7-13(19)17-15(16)21)18-10-11-5-3-4-6-12(11)14(18)20/h2-6H,1,7-10H2,(H,17,19,21)/t16-/m1/s1. The van der Waals surface area contributed by atoms with Gasteiger partial charge >= 0.3 is 0 Å². The number of nitrogens with one attached hydrogen (secondary N) is 1. The molecule has 0 radical (unpaired) electrons. The van der Waals surface area contributed by atoms with Crippen molar-refractivity contribution in [2.24, 2.45) is 0 Å². The zero-order valence-electron chi connectivity index (χ0n) is 11.6. The number of piperidine rings is 1. The van der Waals surface area contributed by atoms with Crippen molar-refractivity contribution in [2.45, 2.75) is 31.3 Å². The molecule has 108 valence electrons. The van der Waals surface area contributed by atoms with E-state index in [1.165, 1.54) is 0 Å². The van der Waals surface area contributed by atoms with Crippen LogP contribution in [0.1, 0.15) is 35.2 Å². The lowest BCUT2D eigenvalue weighted by Crippen LogP contribution is -2.62. The highest BCUT2D eigenvalue weighted by Gasteiger charge is 2.50. The second-order valence-corrected chi connectivity index (χ2v) is 5.45. The third kappa shape index (κ3) is 1.96. The first kappa shape index (κ1) is 13.5. The molecule has 3 amide bonds. The number of benzene rings is 1. The van der Waals surface area contributed by atoms with Gasteiger partial charge < -0.3 is 4.90 Å². The van der Waals surface area contributed by atoms with E-state index in [0.29, 0.717) is 24.9 Å². The molecule has 1 aromatic carbocycles. The molecule has 0 aromatic heterocycles. The fraction of sp³-hybridized carbons (Fsp3) is 0.312. The lowest BCUT2D eigenvalue weighted by atomic mass is 9.83. The Labute approximate surface area is 122 Å². The maximum atomic E-state index is 12.6. The quantitative estimate of drug-likeness (QED) is 0.674. The average Bonchev–Trinajstić information content (AvgIpc) is 2.81. The number of imide groups is 1. The van der Waals surface area contributed by atoms with E-state index in [1.54, 1.807) is 17.0 Å². The van der Waals surface area contributed by atoms with E-state index in [4.69, 9.17) is 0 Å². The van der Waals surface area contributed by atoms with Crippen LogP contribution in [0.15, 0.2) is 36.9 Å². The number of nitrogens with zero attached hydrogens (tertiary/aromatic N) is 1. The zero-order chi connectivity index (χ0) is 15.0. The molecule has 1 saturated heterocycles. The zero-order valence-corrected chi connectivity index (χ0v) is 11.6. The third-order valence-electron chi connectivity index (χ3n) is 4.26. The fourth-order valence-corrected chi connectivity index (χ4v) is 3.14. The van der Waals surface area contributed by atoms with E-state index >= 15 is 0 Å². The molecule has 2 heterocycles. The van der Waals surface area contributed by atoms with Gasteiger partial charge in [-0.05, 0) is 24.5 Å². The molecule has 5 nitrogen and oxygen atoms in total. The summed E-state index contributed by atoms with van der Waals surface area (Å²) in [4.78, 5) is 38.1. The minimum absolute atomic E-state index is 0.156. The molecule has 0 unspecified atom stereocenters. The average molecular weight is 284 g/mol. The number of hydrogen-bond acceptors (Lipinski definition) is 3. The minimum atomic E-state index is -1.01. The van der Waals surface area contributed by atoms with Gasteiger partial charge in [0.15, 0.2) is 0 Å². The SMILES string of the molecule is C=CC[C@@]1(N2Cc3ccccc3C2=O)CCC(=O)NC1=O. The summed E-state index contributed by atoms with van der Waals surface area (Å²) in [5.41, 5.74) is 0.535. The molecule has 3 rings (SSSR count). The highest BCUT2D eigenvalue weighted by Crippen LogP contribution is 2.36. The Hall–Kier alpha value is -2.43. The Morgan fingerprint density at radius 2 is 2.05 bits per heavy atom. The molecule has 0 spiro atoms. The molecule has 2 aliphatic heterocycles. The molecular formula is C16H16N2O3. The third-order valence-corrected chi connectivity index (χ3v) is 4.26. The van der Waals surface area contributed by atoms with E-state index < -0.39 is 11.4 Å². The van der Waals surface area contributed by atoms with E-state index in [1.807, 2.05) is 18.2 Å². The summed E-state index contributed by atoms with van der Waals surface area (Å²) in [6.45, 7) is 4.09. The van der Waals surface area contributed by atoms with Gasteiger partial charge in [-0.1, -0.05) is 24.3 Å². The van der Waals surface area contributed by atoms with Crippen molar-refractivity contribution in [1.82, 2.24) is 10.2 Å². The van der Waals surface area contributed by atoms with Crippen LogP contribution in [0.5, 0.6) is 0 Å². The number of carbonyl (C=O) groups excluding carboxylic acids is 3. The van der Waals surface area contributed by atoms with Crippen molar-refractivity contribution < 1.29 is 14.4 Å². The minimum Gasteiger partial charge on any atom is -0.319 e. The number of fused-ring (bicyclic) bond motifs is 1. The first-order valence-corrected chi connectivity index (χ1v) is 6.93.